The molecule has 2 saturated heterocycles. The Balaban J connectivity index is 1.66. The van der Waals surface area contributed by atoms with Crippen molar-refractivity contribution in [3.8, 4) is 17.2 Å². The van der Waals surface area contributed by atoms with Crippen LogP contribution in [0.2, 0.25) is 0 Å². The summed E-state index contributed by atoms with van der Waals surface area (Å²) in [5, 5.41) is 0. The van der Waals surface area contributed by atoms with Crippen molar-refractivity contribution in [2.75, 3.05) is 47.5 Å². The molecule has 1 aromatic rings. The van der Waals surface area contributed by atoms with Gasteiger partial charge in [0.05, 0.1) is 21.3 Å². The number of piperidine rings is 2. The Kier molecular flexibility index (Phi) is 6.65. The number of carbonyl (C=O) groups is 2. The van der Waals surface area contributed by atoms with Crippen LogP contribution in [-0.4, -0.2) is 69.1 Å². The van der Waals surface area contributed by atoms with Crippen molar-refractivity contribution in [2.45, 2.75) is 32.1 Å². The zero-order valence-corrected chi connectivity index (χ0v) is 17.0. The third-order valence-electron chi connectivity index (χ3n) is 5.71. The minimum absolute atomic E-state index is 0.0297. The van der Waals surface area contributed by atoms with Gasteiger partial charge in [-0.05, 0) is 44.2 Å². The van der Waals surface area contributed by atoms with Crippen LogP contribution < -0.4 is 14.2 Å². The predicted molar refractivity (Wildman–Crippen MR) is 105 cm³/mol. The molecule has 0 spiro atoms. The van der Waals surface area contributed by atoms with E-state index in [0.717, 1.165) is 25.9 Å². The molecule has 2 fully saturated rings. The number of benzene rings is 1. The van der Waals surface area contributed by atoms with E-state index in [2.05, 4.69) is 0 Å². The van der Waals surface area contributed by atoms with Crippen LogP contribution in [0.25, 0.3) is 0 Å². The van der Waals surface area contributed by atoms with E-state index in [9.17, 15) is 9.59 Å². The molecule has 0 atom stereocenters. The maximum atomic E-state index is 13.0. The molecule has 0 saturated carbocycles. The van der Waals surface area contributed by atoms with Gasteiger partial charge >= 0.3 is 0 Å². The first-order valence-electron chi connectivity index (χ1n) is 9.97. The van der Waals surface area contributed by atoms with Crippen molar-refractivity contribution in [2.24, 2.45) is 5.92 Å². The lowest BCUT2D eigenvalue weighted by Crippen LogP contribution is -2.45. The molecular weight excluding hydrogens is 360 g/mol. The van der Waals surface area contributed by atoms with Gasteiger partial charge in [-0.1, -0.05) is 0 Å². The molecular formula is C21H30N2O5. The summed E-state index contributed by atoms with van der Waals surface area (Å²) < 4.78 is 16.0. The zero-order valence-electron chi connectivity index (χ0n) is 17.0. The van der Waals surface area contributed by atoms with Gasteiger partial charge in [-0.2, -0.15) is 0 Å². The number of methoxy groups -OCH3 is 3. The van der Waals surface area contributed by atoms with E-state index in [0.29, 0.717) is 48.7 Å². The first-order chi connectivity index (χ1) is 13.6. The molecule has 2 aliphatic rings. The van der Waals surface area contributed by atoms with Crippen molar-refractivity contribution in [3.63, 3.8) is 0 Å². The fraction of sp³-hybridized carbons (Fsp3) is 0.619. The third kappa shape index (κ3) is 4.18. The normalized spacial score (nSPS) is 18.0. The van der Waals surface area contributed by atoms with E-state index in [1.807, 2.05) is 4.90 Å². The van der Waals surface area contributed by atoms with E-state index in [-0.39, 0.29) is 17.7 Å². The molecule has 0 aliphatic carbocycles. The van der Waals surface area contributed by atoms with Gasteiger partial charge in [0.1, 0.15) is 0 Å². The summed E-state index contributed by atoms with van der Waals surface area (Å²) >= 11 is 0. The minimum Gasteiger partial charge on any atom is -0.493 e. The van der Waals surface area contributed by atoms with Gasteiger partial charge in [-0.15, -0.1) is 0 Å². The highest BCUT2D eigenvalue weighted by molar-refractivity contribution is 5.96. The van der Waals surface area contributed by atoms with Crippen LogP contribution in [0.1, 0.15) is 42.5 Å². The predicted octanol–water partition coefficient (Wildman–Crippen LogP) is 2.58. The van der Waals surface area contributed by atoms with Gasteiger partial charge in [-0.3, -0.25) is 9.59 Å². The highest BCUT2D eigenvalue weighted by Crippen LogP contribution is 2.38. The Morgan fingerprint density at radius 1 is 0.821 bits per heavy atom. The molecule has 0 aromatic heterocycles. The van der Waals surface area contributed by atoms with Crippen molar-refractivity contribution in [3.05, 3.63) is 17.7 Å². The number of nitrogens with zero attached hydrogens (tertiary/aromatic N) is 2. The van der Waals surface area contributed by atoms with Crippen LogP contribution in [0, 0.1) is 5.92 Å². The second kappa shape index (κ2) is 9.17. The molecule has 7 nitrogen and oxygen atoms in total. The minimum atomic E-state index is -0.0804. The SMILES string of the molecule is COc1cc(C(=O)N2CCC(C(=O)N3CCCCC3)CC2)cc(OC)c1OC. The molecule has 0 radical (unpaired) electrons. The second-order valence-corrected chi connectivity index (χ2v) is 7.37. The van der Waals surface area contributed by atoms with Crippen molar-refractivity contribution < 1.29 is 23.8 Å². The standard InChI is InChI=1S/C21H30N2O5/c1-26-17-13-16(14-18(27-2)19(17)28-3)21(25)23-11-7-15(8-12-23)20(24)22-9-5-4-6-10-22/h13-15H,4-12H2,1-3H3. The van der Waals surface area contributed by atoms with E-state index in [1.54, 1.807) is 17.0 Å². The Bertz CT molecular complexity index is 682. The molecule has 0 bridgehead atoms. The summed E-state index contributed by atoms with van der Waals surface area (Å²) in [7, 11) is 4.60. The first kappa shape index (κ1) is 20.3. The van der Waals surface area contributed by atoms with Gasteiger partial charge < -0.3 is 24.0 Å². The number of rotatable bonds is 5. The fourth-order valence-corrected chi connectivity index (χ4v) is 4.09. The van der Waals surface area contributed by atoms with Crippen LogP contribution in [-0.2, 0) is 4.79 Å². The van der Waals surface area contributed by atoms with Crippen molar-refractivity contribution in [1.82, 2.24) is 9.80 Å². The summed E-state index contributed by atoms with van der Waals surface area (Å²) in [6, 6.07) is 3.35. The Labute approximate surface area is 166 Å². The molecule has 1 aromatic carbocycles. The number of likely N-dealkylation sites (tertiary alicyclic amines) is 2. The van der Waals surface area contributed by atoms with Crippen LogP contribution in [0.4, 0.5) is 0 Å². The summed E-state index contributed by atoms with van der Waals surface area (Å²) in [4.78, 5) is 29.5. The largest absolute Gasteiger partial charge is 0.493 e. The summed E-state index contributed by atoms with van der Waals surface area (Å²) in [6.45, 7) is 2.92. The molecule has 2 heterocycles. The Morgan fingerprint density at radius 3 is 1.89 bits per heavy atom. The van der Waals surface area contributed by atoms with Crippen LogP contribution in [0.3, 0.4) is 0 Å². The van der Waals surface area contributed by atoms with E-state index in [1.165, 1.54) is 27.8 Å². The highest BCUT2D eigenvalue weighted by atomic mass is 16.5. The second-order valence-electron chi connectivity index (χ2n) is 7.37. The molecule has 7 heteroatoms. The van der Waals surface area contributed by atoms with Crippen LogP contribution in [0.5, 0.6) is 17.2 Å². The van der Waals surface area contributed by atoms with Crippen molar-refractivity contribution >= 4 is 11.8 Å². The van der Waals surface area contributed by atoms with Gasteiger partial charge in [0.2, 0.25) is 11.7 Å². The molecule has 28 heavy (non-hydrogen) atoms. The lowest BCUT2D eigenvalue weighted by atomic mass is 9.94. The highest BCUT2D eigenvalue weighted by Gasteiger charge is 2.31. The number of hydrogen-bond acceptors (Lipinski definition) is 5. The summed E-state index contributed by atoms with van der Waals surface area (Å²) in [5.74, 6) is 1.60. The lowest BCUT2D eigenvalue weighted by Gasteiger charge is -2.35. The van der Waals surface area contributed by atoms with Crippen LogP contribution >= 0.6 is 0 Å². The maximum absolute atomic E-state index is 13.0. The monoisotopic (exact) mass is 390 g/mol. The third-order valence-corrected chi connectivity index (χ3v) is 5.71. The number of hydrogen-bond donors (Lipinski definition) is 0. The van der Waals surface area contributed by atoms with Crippen LogP contribution in [0.15, 0.2) is 12.1 Å². The zero-order chi connectivity index (χ0) is 20.1. The Hall–Kier alpha value is -2.44. The van der Waals surface area contributed by atoms with Gasteiger partial charge in [-0.25, -0.2) is 0 Å². The fourth-order valence-electron chi connectivity index (χ4n) is 4.09. The van der Waals surface area contributed by atoms with Gasteiger partial charge in [0, 0.05) is 37.7 Å². The van der Waals surface area contributed by atoms with Crippen molar-refractivity contribution in [1.29, 1.82) is 0 Å². The maximum Gasteiger partial charge on any atom is 0.254 e. The topological polar surface area (TPSA) is 68.3 Å². The number of carbonyl (C=O) groups excluding carboxylic acids is 2. The lowest BCUT2D eigenvalue weighted by molar-refractivity contribution is -0.137. The first-order valence-corrected chi connectivity index (χ1v) is 9.97. The van der Waals surface area contributed by atoms with Gasteiger partial charge in [0.25, 0.3) is 5.91 Å². The average molecular weight is 390 g/mol. The summed E-state index contributed by atoms with van der Waals surface area (Å²) in [5.41, 5.74) is 0.496. The molecule has 154 valence electrons. The number of amides is 2. The molecule has 3 rings (SSSR count). The number of ether oxygens (including phenoxy) is 3. The molecule has 2 aliphatic heterocycles. The quantitative estimate of drug-likeness (QED) is 0.773. The van der Waals surface area contributed by atoms with E-state index < -0.39 is 0 Å². The smallest absolute Gasteiger partial charge is 0.254 e. The van der Waals surface area contributed by atoms with E-state index in [4.69, 9.17) is 14.2 Å². The Morgan fingerprint density at radius 2 is 1.39 bits per heavy atom. The molecule has 2 amide bonds. The van der Waals surface area contributed by atoms with E-state index >= 15 is 0 Å². The average Bonchev–Trinajstić information content (AvgIpc) is 2.77. The van der Waals surface area contributed by atoms with Gasteiger partial charge in [0.15, 0.2) is 11.5 Å². The molecule has 0 N–H and O–H groups in total. The molecule has 0 unspecified atom stereocenters. The summed E-state index contributed by atoms with van der Waals surface area (Å²) in [6.07, 6.45) is 4.84.